The van der Waals surface area contributed by atoms with Gasteiger partial charge in [-0.3, -0.25) is 19.0 Å². The zero-order valence-corrected chi connectivity index (χ0v) is 22.4. The molecular weight excluding hydrogens is 518 g/mol. The zero-order valence-electron chi connectivity index (χ0n) is 21.6. The van der Waals surface area contributed by atoms with Gasteiger partial charge in [0.25, 0.3) is 11.5 Å². The van der Waals surface area contributed by atoms with Crippen LogP contribution in [0.25, 0.3) is 5.57 Å². The third-order valence-electron chi connectivity index (χ3n) is 6.41. The summed E-state index contributed by atoms with van der Waals surface area (Å²) in [6.07, 6.45) is 1.63. The molecule has 5 rings (SSSR count). The van der Waals surface area contributed by atoms with Crippen molar-refractivity contribution < 1.29 is 23.9 Å². The molecule has 39 heavy (non-hydrogen) atoms. The first kappa shape index (κ1) is 26.1. The van der Waals surface area contributed by atoms with E-state index in [1.165, 1.54) is 11.5 Å². The van der Waals surface area contributed by atoms with Gasteiger partial charge in [0.15, 0.2) is 4.80 Å². The summed E-state index contributed by atoms with van der Waals surface area (Å²) in [5.41, 5.74) is 2.41. The summed E-state index contributed by atoms with van der Waals surface area (Å²) in [6, 6.07) is 13.0. The molecule has 10 heteroatoms. The number of para-hydroxylation sites is 1. The van der Waals surface area contributed by atoms with Crippen LogP contribution in [0, 0.1) is 0 Å². The van der Waals surface area contributed by atoms with Crippen LogP contribution in [0.3, 0.4) is 0 Å². The van der Waals surface area contributed by atoms with E-state index in [0.29, 0.717) is 45.2 Å². The van der Waals surface area contributed by atoms with Crippen LogP contribution in [0.5, 0.6) is 5.75 Å². The summed E-state index contributed by atoms with van der Waals surface area (Å²) in [5, 5.41) is 0. The maximum atomic E-state index is 14.1. The number of thiazole rings is 1. The first-order chi connectivity index (χ1) is 18.8. The number of hydrogen-bond donors (Lipinski definition) is 0. The number of amides is 1. The van der Waals surface area contributed by atoms with E-state index in [-0.39, 0.29) is 22.6 Å². The predicted octanol–water partition coefficient (Wildman–Crippen LogP) is 2.63. The molecule has 0 saturated carbocycles. The van der Waals surface area contributed by atoms with Crippen LogP contribution in [0.4, 0.5) is 5.69 Å². The number of carbonyl (C=O) groups is 3. The lowest BCUT2D eigenvalue weighted by atomic mass is 9.96. The first-order valence-electron chi connectivity index (χ1n) is 12.3. The number of hydrogen-bond acceptors (Lipinski definition) is 8. The molecular formula is C29H25N3O6S. The molecule has 2 aliphatic heterocycles. The van der Waals surface area contributed by atoms with Crippen molar-refractivity contribution >= 4 is 40.4 Å². The van der Waals surface area contributed by atoms with Crippen molar-refractivity contribution in [3.8, 4) is 5.75 Å². The molecule has 1 amide bonds. The minimum atomic E-state index is -0.864. The van der Waals surface area contributed by atoms with E-state index in [1.54, 1.807) is 49.1 Å². The van der Waals surface area contributed by atoms with Crippen LogP contribution in [-0.2, 0) is 19.1 Å². The van der Waals surface area contributed by atoms with E-state index in [9.17, 15) is 19.2 Å². The van der Waals surface area contributed by atoms with E-state index < -0.39 is 23.5 Å². The molecule has 0 saturated heterocycles. The van der Waals surface area contributed by atoms with Crippen molar-refractivity contribution in [2.24, 2.45) is 4.99 Å². The van der Waals surface area contributed by atoms with Gasteiger partial charge in [-0.05, 0) is 37.6 Å². The van der Waals surface area contributed by atoms with Crippen LogP contribution in [0.1, 0.15) is 37.9 Å². The fraction of sp³-hybridized carbons (Fsp3) is 0.207. The summed E-state index contributed by atoms with van der Waals surface area (Å²) in [4.78, 5) is 58.7. The second-order valence-corrected chi connectivity index (χ2v) is 9.86. The van der Waals surface area contributed by atoms with Gasteiger partial charge in [-0.25, -0.2) is 9.79 Å². The Labute approximate surface area is 227 Å². The normalized spacial score (nSPS) is 17.4. The minimum absolute atomic E-state index is 0.146. The van der Waals surface area contributed by atoms with Crippen molar-refractivity contribution in [1.82, 2.24) is 4.57 Å². The summed E-state index contributed by atoms with van der Waals surface area (Å²) in [6.45, 7) is 8.89. The molecule has 9 nitrogen and oxygen atoms in total. The number of esters is 2. The average Bonchev–Trinajstić information content (AvgIpc) is 3.36. The molecule has 1 atom stereocenters. The van der Waals surface area contributed by atoms with Crippen LogP contribution >= 0.6 is 11.3 Å². The van der Waals surface area contributed by atoms with Crippen molar-refractivity contribution in [2.75, 3.05) is 18.1 Å². The highest BCUT2D eigenvalue weighted by molar-refractivity contribution is 7.07. The quantitative estimate of drug-likeness (QED) is 0.269. The zero-order chi connectivity index (χ0) is 27.8. The van der Waals surface area contributed by atoms with Crippen molar-refractivity contribution in [1.29, 1.82) is 0 Å². The standard InChI is InChI=1S/C29H25N3O6S/c1-5-15-31-21-10-8-7-9-20(21)23(26(31)34)25-27(35)32-24(18-11-13-19(14-12-18)38-17(4)33)22(28(36)37-6-2)16(3)30-29(32)39-25/h5,7-14,24H,1,6,15H2,2-4H3/b25-23-/t24-/m1/s1. The number of rotatable bonds is 6. The first-order valence-corrected chi connectivity index (χ1v) is 13.1. The molecule has 1 aromatic heterocycles. The lowest BCUT2D eigenvalue weighted by Gasteiger charge is -2.24. The number of aromatic nitrogens is 1. The van der Waals surface area contributed by atoms with Gasteiger partial charge in [-0.2, -0.15) is 0 Å². The van der Waals surface area contributed by atoms with Crippen LogP contribution in [0.2, 0.25) is 0 Å². The van der Waals surface area contributed by atoms with Crippen LogP contribution < -0.4 is 24.5 Å². The fourth-order valence-electron chi connectivity index (χ4n) is 4.85. The van der Waals surface area contributed by atoms with Gasteiger partial charge < -0.3 is 14.4 Å². The van der Waals surface area contributed by atoms with Crippen LogP contribution in [-0.4, -0.2) is 35.6 Å². The molecule has 0 spiro atoms. The second-order valence-electron chi connectivity index (χ2n) is 8.88. The Balaban J connectivity index is 1.77. The Morgan fingerprint density at radius 3 is 2.51 bits per heavy atom. The Hall–Kier alpha value is -4.57. The van der Waals surface area contributed by atoms with Gasteiger partial charge in [-0.1, -0.05) is 47.7 Å². The van der Waals surface area contributed by atoms with E-state index in [1.807, 2.05) is 24.3 Å². The van der Waals surface area contributed by atoms with E-state index in [2.05, 4.69) is 11.6 Å². The topological polar surface area (TPSA) is 107 Å². The third-order valence-corrected chi connectivity index (χ3v) is 7.47. The molecule has 0 radical (unpaired) electrons. The molecule has 0 bridgehead atoms. The maximum Gasteiger partial charge on any atom is 0.338 e. The predicted molar refractivity (Wildman–Crippen MR) is 146 cm³/mol. The van der Waals surface area contributed by atoms with E-state index in [4.69, 9.17) is 9.47 Å². The van der Waals surface area contributed by atoms with Crippen molar-refractivity contribution in [3.05, 3.63) is 103 Å². The number of fused-ring (bicyclic) bond motifs is 2. The third kappa shape index (κ3) is 4.42. The van der Waals surface area contributed by atoms with Gasteiger partial charge >= 0.3 is 11.9 Å². The molecule has 0 fully saturated rings. The summed E-state index contributed by atoms with van der Waals surface area (Å²) < 4.78 is 12.1. The van der Waals surface area contributed by atoms with Crippen molar-refractivity contribution in [2.45, 2.75) is 26.8 Å². The smallest absolute Gasteiger partial charge is 0.338 e. The molecule has 0 unspecified atom stereocenters. The summed E-state index contributed by atoms with van der Waals surface area (Å²) in [7, 11) is 0. The highest BCUT2D eigenvalue weighted by Gasteiger charge is 2.37. The lowest BCUT2D eigenvalue weighted by molar-refractivity contribution is -0.139. The molecule has 0 N–H and O–H groups in total. The van der Waals surface area contributed by atoms with E-state index in [0.717, 1.165) is 11.3 Å². The largest absolute Gasteiger partial charge is 0.463 e. The van der Waals surface area contributed by atoms with Crippen molar-refractivity contribution in [3.63, 3.8) is 0 Å². The molecule has 3 heterocycles. The molecule has 2 aromatic carbocycles. The number of allylic oxidation sites excluding steroid dienone is 1. The van der Waals surface area contributed by atoms with Gasteiger partial charge in [-0.15, -0.1) is 6.58 Å². The summed E-state index contributed by atoms with van der Waals surface area (Å²) in [5.74, 6) is -1.03. The fourth-order valence-corrected chi connectivity index (χ4v) is 5.99. The van der Waals surface area contributed by atoms with Gasteiger partial charge in [0.2, 0.25) is 0 Å². The SMILES string of the molecule is C=CCN1C(=O)/C(=c2\sc3n(c2=O)[C@H](c2ccc(OC(C)=O)cc2)C(C(=O)OCC)=C(C)N=3)c2ccccc21. The molecule has 198 valence electrons. The number of carbonyl (C=O) groups excluding carboxylic acids is 3. The highest BCUT2D eigenvalue weighted by atomic mass is 32.1. The number of benzene rings is 2. The molecule has 2 aliphatic rings. The van der Waals surface area contributed by atoms with Gasteiger partial charge in [0.1, 0.15) is 10.3 Å². The van der Waals surface area contributed by atoms with Gasteiger partial charge in [0.05, 0.1) is 35.2 Å². The Morgan fingerprint density at radius 2 is 1.85 bits per heavy atom. The Kier molecular flexibility index (Phi) is 6.88. The monoisotopic (exact) mass is 543 g/mol. The average molecular weight is 544 g/mol. The van der Waals surface area contributed by atoms with Crippen LogP contribution in [0.15, 0.2) is 82.2 Å². The number of anilines is 1. The van der Waals surface area contributed by atoms with E-state index >= 15 is 0 Å². The number of ether oxygens (including phenoxy) is 2. The molecule has 0 aliphatic carbocycles. The number of nitrogens with zero attached hydrogens (tertiary/aromatic N) is 3. The second kappa shape index (κ2) is 10.3. The Bertz CT molecular complexity index is 1750. The lowest BCUT2D eigenvalue weighted by Crippen LogP contribution is -2.41. The highest BCUT2D eigenvalue weighted by Crippen LogP contribution is 2.35. The Morgan fingerprint density at radius 1 is 1.13 bits per heavy atom. The maximum absolute atomic E-state index is 14.1. The summed E-state index contributed by atoms with van der Waals surface area (Å²) >= 11 is 1.11. The minimum Gasteiger partial charge on any atom is -0.463 e. The molecule has 3 aromatic rings. The van der Waals surface area contributed by atoms with Gasteiger partial charge in [0, 0.05) is 19.0 Å².